The first-order valence-corrected chi connectivity index (χ1v) is 8.71. The van der Waals surface area contributed by atoms with Gasteiger partial charge in [0.05, 0.1) is 23.2 Å². The topological polar surface area (TPSA) is 105 Å². The number of anilines is 1. The molecule has 0 unspecified atom stereocenters. The zero-order valence-corrected chi connectivity index (χ0v) is 15.0. The van der Waals surface area contributed by atoms with Gasteiger partial charge in [0.1, 0.15) is 0 Å². The van der Waals surface area contributed by atoms with Crippen LogP contribution in [0.5, 0.6) is 0 Å². The normalized spacial score (nSPS) is 12.0. The molecule has 7 heteroatoms. The van der Waals surface area contributed by atoms with Crippen molar-refractivity contribution in [3.63, 3.8) is 0 Å². The first-order chi connectivity index (χ1) is 13.4. The Kier molecular flexibility index (Phi) is 4.07. The summed E-state index contributed by atoms with van der Waals surface area (Å²) < 4.78 is 1.46. The van der Waals surface area contributed by atoms with Crippen molar-refractivity contribution < 1.29 is 19.5 Å². The van der Waals surface area contributed by atoms with Gasteiger partial charge in [-0.1, -0.05) is 24.3 Å². The van der Waals surface area contributed by atoms with Crippen molar-refractivity contribution in [2.45, 2.75) is 12.8 Å². The van der Waals surface area contributed by atoms with Crippen molar-refractivity contribution >= 4 is 34.3 Å². The molecule has 0 saturated carbocycles. The molecule has 0 atom stereocenters. The van der Waals surface area contributed by atoms with Crippen molar-refractivity contribution in [1.82, 2.24) is 4.57 Å². The standard InChI is InChI=1S/C21H16N2O5/c1-23-15-7-6-14(22-16(24)8-9-18(26)27)20-19(15)13(10-17(23)25)11-4-2-3-5-12(11)21(20)28/h2-7,10H,8-9H2,1H3,(H,22,24)(H,26,27). The third-order valence-electron chi connectivity index (χ3n) is 4.94. The number of amides is 1. The number of carbonyl (C=O) groups excluding carboxylic acids is 2. The minimum absolute atomic E-state index is 0.197. The van der Waals surface area contributed by atoms with E-state index >= 15 is 0 Å². The van der Waals surface area contributed by atoms with Gasteiger partial charge in [0.25, 0.3) is 5.56 Å². The number of hydrogen-bond donors (Lipinski definition) is 2. The van der Waals surface area contributed by atoms with Gasteiger partial charge in [-0.2, -0.15) is 0 Å². The summed E-state index contributed by atoms with van der Waals surface area (Å²) in [5.74, 6) is -1.81. The van der Waals surface area contributed by atoms with E-state index in [1.165, 1.54) is 10.6 Å². The Morgan fingerprint density at radius 2 is 1.71 bits per heavy atom. The fraction of sp³-hybridized carbons (Fsp3) is 0.143. The maximum absolute atomic E-state index is 13.2. The van der Waals surface area contributed by atoms with Gasteiger partial charge in [0.2, 0.25) is 5.91 Å². The van der Waals surface area contributed by atoms with Gasteiger partial charge in [-0.05, 0) is 23.3 Å². The molecule has 1 amide bonds. The molecular formula is C21H16N2O5. The predicted octanol–water partition coefficient (Wildman–Crippen LogP) is 2.55. The number of aryl methyl sites for hydroxylation is 1. The average Bonchev–Trinajstić information content (AvgIpc) is 2.68. The molecule has 0 fully saturated rings. The van der Waals surface area contributed by atoms with E-state index in [-0.39, 0.29) is 24.2 Å². The van der Waals surface area contributed by atoms with E-state index in [9.17, 15) is 19.2 Å². The summed E-state index contributed by atoms with van der Waals surface area (Å²) in [6.07, 6.45) is -0.497. The molecule has 1 aliphatic rings. The van der Waals surface area contributed by atoms with Gasteiger partial charge in [0.15, 0.2) is 5.78 Å². The van der Waals surface area contributed by atoms with Gasteiger partial charge < -0.3 is 15.0 Å². The molecule has 0 spiro atoms. The van der Waals surface area contributed by atoms with Crippen LogP contribution in [0.2, 0.25) is 0 Å². The van der Waals surface area contributed by atoms with Gasteiger partial charge in [-0.3, -0.25) is 19.2 Å². The highest BCUT2D eigenvalue weighted by Gasteiger charge is 2.29. The van der Waals surface area contributed by atoms with E-state index < -0.39 is 11.9 Å². The number of carboxylic acid groups (broad SMARTS) is 1. The summed E-state index contributed by atoms with van der Waals surface area (Å²) >= 11 is 0. The molecule has 0 aliphatic heterocycles. The summed E-state index contributed by atoms with van der Waals surface area (Å²) in [5.41, 5.74) is 2.78. The average molecular weight is 376 g/mol. The Hall–Kier alpha value is -3.74. The van der Waals surface area contributed by atoms with Crippen molar-refractivity contribution in [2.24, 2.45) is 7.05 Å². The number of aliphatic carboxylic acids is 1. The van der Waals surface area contributed by atoms with Crippen molar-refractivity contribution in [2.75, 3.05) is 5.32 Å². The van der Waals surface area contributed by atoms with E-state index in [0.717, 1.165) is 0 Å². The molecule has 7 nitrogen and oxygen atoms in total. The molecule has 3 aromatic rings. The molecule has 140 valence electrons. The highest BCUT2D eigenvalue weighted by molar-refractivity contribution is 6.28. The number of hydrogen-bond acceptors (Lipinski definition) is 4. The Morgan fingerprint density at radius 3 is 2.43 bits per heavy atom. The number of fused-ring (bicyclic) bond motifs is 2. The number of carbonyl (C=O) groups is 3. The van der Waals surface area contributed by atoms with Crippen LogP contribution in [0.1, 0.15) is 28.8 Å². The number of benzene rings is 2. The third kappa shape index (κ3) is 2.68. The van der Waals surface area contributed by atoms with Crippen LogP contribution in [0.4, 0.5) is 5.69 Å². The molecule has 0 saturated heterocycles. The molecule has 1 aromatic heterocycles. The van der Waals surface area contributed by atoms with E-state index in [4.69, 9.17) is 5.11 Å². The molecule has 0 bridgehead atoms. The molecule has 28 heavy (non-hydrogen) atoms. The first kappa shape index (κ1) is 17.7. The van der Waals surface area contributed by atoms with Gasteiger partial charge in [-0.25, -0.2) is 0 Å². The fourth-order valence-corrected chi connectivity index (χ4v) is 3.59. The van der Waals surface area contributed by atoms with Crippen LogP contribution in [0.15, 0.2) is 47.3 Å². The quantitative estimate of drug-likeness (QED) is 0.569. The van der Waals surface area contributed by atoms with E-state index in [1.54, 1.807) is 43.4 Å². The lowest BCUT2D eigenvalue weighted by atomic mass is 9.83. The second kappa shape index (κ2) is 6.45. The SMILES string of the molecule is Cn1c(=O)cc2c3c(c(NC(=O)CCC(=O)O)ccc31)C(=O)c1ccccc1-2. The molecule has 2 N–H and O–H groups in total. The number of nitrogens with zero attached hydrogens (tertiary/aromatic N) is 1. The predicted molar refractivity (Wildman–Crippen MR) is 104 cm³/mol. The van der Waals surface area contributed by atoms with Crippen molar-refractivity contribution in [1.29, 1.82) is 0 Å². The Balaban J connectivity index is 1.95. The maximum Gasteiger partial charge on any atom is 0.303 e. The minimum Gasteiger partial charge on any atom is -0.481 e. The number of carboxylic acids is 1. The summed E-state index contributed by atoms with van der Waals surface area (Å²) in [7, 11) is 1.63. The Morgan fingerprint density at radius 1 is 1.00 bits per heavy atom. The molecule has 1 heterocycles. The minimum atomic E-state index is -1.07. The lowest BCUT2D eigenvalue weighted by molar-refractivity contribution is -0.138. The Labute approximate surface area is 159 Å². The van der Waals surface area contributed by atoms with E-state index in [2.05, 4.69) is 5.32 Å². The second-order valence-electron chi connectivity index (χ2n) is 6.65. The number of nitrogens with one attached hydrogen (secondary N) is 1. The maximum atomic E-state index is 13.2. The lowest BCUT2D eigenvalue weighted by Crippen LogP contribution is -2.22. The zero-order chi connectivity index (χ0) is 20.0. The van der Waals surface area contributed by atoms with Crippen LogP contribution >= 0.6 is 0 Å². The molecular weight excluding hydrogens is 360 g/mol. The van der Waals surface area contributed by atoms with Gasteiger partial charge in [-0.15, -0.1) is 0 Å². The van der Waals surface area contributed by atoms with Crippen LogP contribution < -0.4 is 10.9 Å². The van der Waals surface area contributed by atoms with Crippen LogP contribution in [0.3, 0.4) is 0 Å². The third-order valence-corrected chi connectivity index (χ3v) is 4.94. The van der Waals surface area contributed by atoms with E-state index in [1.807, 2.05) is 0 Å². The Bertz CT molecular complexity index is 1240. The molecule has 4 rings (SSSR count). The van der Waals surface area contributed by atoms with Crippen LogP contribution in [0.25, 0.3) is 22.0 Å². The zero-order valence-electron chi connectivity index (χ0n) is 15.0. The van der Waals surface area contributed by atoms with Crippen LogP contribution in [0, 0.1) is 0 Å². The van der Waals surface area contributed by atoms with Gasteiger partial charge in [0, 0.05) is 30.5 Å². The summed E-state index contributed by atoms with van der Waals surface area (Å²) in [5, 5.41) is 12.0. The monoisotopic (exact) mass is 376 g/mol. The second-order valence-corrected chi connectivity index (χ2v) is 6.65. The number of rotatable bonds is 4. The van der Waals surface area contributed by atoms with Crippen molar-refractivity contribution in [3.8, 4) is 11.1 Å². The number of aromatic nitrogens is 1. The fourth-order valence-electron chi connectivity index (χ4n) is 3.59. The largest absolute Gasteiger partial charge is 0.481 e. The molecule has 2 aromatic carbocycles. The summed E-state index contributed by atoms with van der Waals surface area (Å²) in [4.78, 5) is 48.5. The lowest BCUT2D eigenvalue weighted by Gasteiger charge is -2.23. The summed E-state index contributed by atoms with van der Waals surface area (Å²) in [6, 6.07) is 11.8. The van der Waals surface area contributed by atoms with Crippen LogP contribution in [-0.2, 0) is 16.6 Å². The van der Waals surface area contributed by atoms with Gasteiger partial charge >= 0.3 is 5.97 Å². The smallest absolute Gasteiger partial charge is 0.303 e. The highest BCUT2D eigenvalue weighted by Crippen LogP contribution is 2.41. The highest BCUT2D eigenvalue weighted by atomic mass is 16.4. The number of pyridine rings is 1. The van der Waals surface area contributed by atoms with Crippen LogP contribution in [-0.4, -0.2) is 27.3 Å². The van der Waals surface area contributed by atoms with Crippen molar-refractivity contribution in [3.05, 3.63) is 63.9 Å². The first-order valence-electron chi connectivity index (χ1n) is 8.71. The summed E-state index contributed by atoms with van der Waals surface area (Å²) in [6.45, 7) is 0. The molecule has 0 radical (unpaired) electrons. The molecule has 1 aliphatic carbocycles. The number of ketones is 1. The van der Waals surface area contributed by atoms with E-state index in [0.29, 0.717) is 38.8 Å².